The maximum atomic E-state index is 13.5. The van der Waals surface area contributed by atoms with Crippen molar-refractivity contribution >= 4 is 21.4 Å². The molecule has 2 aromatic rings. The van der Waals surface area contributed by atoms with Crippen molar-refractivity contribution in [2.45, 2.75) is 28.8 Å². The van der Waals surface area contributed by atoms with Gasteiger partial charge in [-0.3, -0.25) is 0 Å². The van der Waals surface area contributed by atoms with Gasteiger partial charge < -0.3 is 14.9 Å². The minimum atomic E-state index is -5.75. The molecule has 0 spiro atoms. The molecule has 28 heavy (non-hydrogen) atoms. The third kappa shape index (κ3) is 3.57. The highest BCUT2D eigenvalue weighted by Gasteiger charge is 2.50. The van der Waals surface area contributed by atoms with E-state index >= 15 is 0 Å². The van der Waals surface area contributed by atoms with Crippen molar-refractivity contribution in [3.8, 4) is 11.5 Å². The Bertz CT molecular complexity index is 1000. The number of aliphatic hydroxyl groups excluding tert-OH is 2. The highest BCUT2D eigenvalue weighted by molar-refractivity contribution is 7.92. The van der Waals surface area contributed by atoms with Gasteiger partial charge in [-0.15, -0.1) is 0 Å². The Balaban J connectivity index is 2.19. The molecule has 1 aliphatic carbocycles. The van der Waals surface area contributed by atoms with Crippen molar-refractivity contribution in [2.75, 3.05) is 6.61 Å². The first-order valence-electron chi connectivity index (χ1n) is 7.86. The van der Waals surface area contributed by atoms with E-state index in [2.05, 4.69) is 0 Å². The molecule has 2 atom stereocenters. The van der Waals surface area contributed by atoms with Gasteiger partial charge in [0.05, 0.1) is 17.6 Å². The fourth-order valence-electron chi connectivity index (χ4n) is 3.19. The molecule has 2 N–H and O–H groups in total. The van der Waals surface area contributed by atoms with Crippen molar-refractivity contribution in [3.63, 3.8) is 0 Å². The summed E-state index contributed by atoms with van der Waals surface area (Å²) < 4.78 is 81.9. The van der Waals surface area contributed by atoms with Crippen LogP contribution in [0.3, 0.4) is 0 Å². The second-order valence-corrected chi connectivity index (χ2v) is 8.52. The number of aliphatic hydroxyl groups is 2. The number of benzene rings is 2. The van der Waals surface area contributed by atoms with Gasteiger partial charge in [-0.05, 0) is 30.7 Å². The third-order valence-corrected chi connectivity index (χ3v) is 6.10. The fraction of sp³-hybridized carbons (Fsp3) is 0.294. The van der Waals surface area contributed by atoms with E-state index in [0.29, 0.717) is 6.07 Å². The molecule has 0 radical (unpaired) electrons. The molecule has 0 aliphatic heterocycles. The summed E-state index contributed by atoms with van der Waals surface area (Å²) in [4.78, 5) is -1.11. The minimum Gasteiger partial charge on any atom is -0.457 e. The Morgan fingerprint density at radius 3 is 2.43 bits per heavy atom. The van der Waals surface area contributed by atoms with Crippen LogP contribution < -0.4 is 4.74 Å². The van der Waals surface area contributed by atoms with E-state index in [-0.39, 0.29) is 28.5 Å². The largest absolute Gasteiger partial charge is 0.501 e. The lowest BCUT2D eigenvalue weighted by atomic mass is 10.0. The standard InChI is InChI=1S/C17H13ClF4O5S/c18-9-4-10(19)6-11(5-9)27-13-1-2-14(28(25,26)17(20,21)22)16-12(24)3-8(7-23)15(13)16/h1-2,4-6,8,12,23-24H,3,7H2/t8-,12?/m1/s1. The van der Waals surface area contributed by atoms with E-state index in [1.54, 1.807) is 0 Å². The van der Waals surface area contributed by atoms with Gasteiger partial charge in [0.15, 0.2) is 0 Å². The number of hydrogen-bond donors (Lipinski definition) is 2. The van der Waals surface area contributed by atoms with Crippen LogP contribution in [0.25, 0.3) is 0 Å². The predicted octanol–water partition coefficient (Wildman–Crippen LogP) is 4.08. The number of fused-ring (bicyclic) bond motifs is 1. The van der Waals surface area contributed by atoms with Gasteiger partial charge >= 0.3 is 5.51 Å². The lowest BCUT2D eigenvalue weighted by Crippen LogP contribution is -2.25. The number of sulfone groups is 1. The van der Waals surface area contributed by atoms with Crippen molar-refractivity contribution < 1.29 is 40.9 Å². The molecule has 2 aromatic carbocycles. The summed E-state index contributed by atoms with van der Waals surface area (Å²) in [5.41, 5.74) is -6.15. The van der Waals surface area contributed by atoms with E-state index in [1.807, 2.05) is 0 Å². The topological polar surface area (TPSA) is 83.8 Å². The van der Waals surface area contributed by atoms with Gasteiger partial charge in [0, 0.05) is 28.1 Å². The lowest BCUT2D eigenvalue weighted by molar-refractivity contribution is -0.0437. The maximum absolute atomic E-state index is 13.5. The first-order chi connectivity index (χ1) is 13.0. The zero-order valence-electron chi connectivity index (χ0n) is 13.9. The van der Waals surface area contributed by atoms with Gasteiger partial charge in [0.25, 0.3) is 9.84 Å². The molecule has 0 saturated heterocycles. The summed E-state index contributed by atoms with van der Waals surface area (Å²) in [7, 11) is -5.75. The van der Waals surface area contributed by atoms with E-state index in [0.717, 1.165) is 18.2 Å². The molecule has 3 rings (SSSR count). The zero-order chi connectivity index (χ0) is 20.9. The van der Waals surface area contributed by atoms with Crippen LogP contribution in [0.1, 0.15) is 29.6 Å². The highest BCUT2D eigenvalue weighted by Crippen LogP contribution is 2.50. The molecule has 0 amide bonds. The van der Waals surface area contributed by atoms with Crippen molar-refractivity contribution in [2.24, 2.45) is 0 Å². The smallest absolute Gasteiger partial charge is 0.457 e. The normalized spacial score (nSPS) is 19.5. The summed E-state index contributed by atoms with van der Waals surface area (Å²) in [6.45, 7) is -0.570. The van der Waals surface area contributed by atoms with Crippen molar-refractivity contribution in [1.29, 1.82) is 0 Å². The number of ether oxygens (including phenoxy) is 1. The summed E-state index contributed by atoms with van der Waals surface area (Å²) in [5, 5.41) is 19.7. The Labute approximate surface area is 162 Å². The first kappa shape index (κ1) is 20.8. The quantitative estimate of drug-likeness (QED) is 0.700. The van der Waals surface area contributed by atoms with Gasteiger partial charge in [-0.1, -0.05) is 11.6 Å². The molecule has 0 fully saturated rings. The van der Waals surface area contributed by atoms with Gasteiger partial charge in [0.1, 0.15) is 17.3 Å². The van der Waals surface area contributed by atoms with Gasteiger partial charge in [-0.2, -0.15) is 13.2 Å². The van der Waals surface area contributed by atoms with E-state index in [4.69, 9.17) is 16.3 Å². The van der Waals surface area contributed by atoms with Crippen LogP contribution in [0.4, 0.5) is 17.6 Å². The number of halogens is 5. The second kappa shape index (κ2) is 7.18. The van der Waals surface area contributed by atoms with E-state index < -0.39 is 50.3 Å². The highest BCUT2D eigenvalue weighted by atomic mass is 35.5. The second-order valence-electron chi connectivity index (χ2n) is 6.18. The number of alkyl halides is 3. The maximum Gasteiger partial charge on any atom is 0.501 e. The molecular formula is C17H13ClF4O5S. The van der Waals surface area contributed by atoms with Crippen LogP contribution in [0.15, 0.2) is 35.2 Å². The SMILES string of the molecule is O=S(=O)(c1ccc(Oc2cc(F)cc(Cl)c2)c2c1C(O)C[C@@H]2CO)C(F)(F)F. The zero-order valence-corrected chi connectivity index (χ0v) is 15.4. The van der Waals surface area contributed by atoms with Crippen LogP contribution in [0.2, 0.25) is 5.02 Å². The fourth-order valence-corrected chi connectivity index (χ4v) is 4.44. The lowest BCUT2D eigenvalue weighted by Gasteiger charge is -2.18. The Hall–Kier alpha value is -1.88. The summed E-state index contributed by atoms with van der Waals surface area (Å²) in [5.74, 6) is -1.80. The summed E-state index contributed by atoms with van der Waals surface area (Å²) >= 11 is 5.74. The van der Waals surface area contributed by atoms with Crippen LogP contribution in [-0.4, -0.2) is 30.7 Å². The van der Waals surface area contributed by atoms with Crippen LogP contribution in [-0.2, 0) is 9.84 Å². The van der Waals surface area contributed by atoms with Gasteiger partial charge in [-0.25, -0.2) is 12.8 Å². The average Bonchev–Trinajstić information content (AvgIpc) is 2.90. The van der Waals surface area contributed by atoms with Crippen LogP contribution >= 0.6 is 11.6 Å². The van der Waals surface area contributed by atoms with Crippen LogP contribution in [0, 0.1) is 5.82 Å². The van der Waals surface area contributed by atoms with E-state index in [1.165, 1.54) is 6.07 Å². The van der Waals surface area contributed by atoms with E-state index in [9.17, 15) is 36.2 Å². The minimum absolute atomic E-state index is 0.00153. The average molecular weight is 441 g/mol. The number of hydrogen-bond acceptors (Lipinski definition) is 5. The molecule has 0 aromatic heterocycles. The molecule has 11 heteroatoms. The Kier molecular flexibility index (Phi) is 5.34. The molecule has 0 heterocycles. The monoisotopic (exact) mass is 440 g/mol. The predicted molar refractivity (Wildman–Crippen MR) is 90.6 cm³/mol. The molecule has 0 bridgehead atoms. The number of rotatable bonds is 4. The first-order valence-corrected chi connectivity index (χ1v) is 9.73. The molecular weight excluding hydrogens is 428 g/mol. The summed E-state index contributed by atoms with van der Waals surface area (Å²) in [6, 6.07) is 4.87. The third-order valence-electron chi connectivity index (χ3n) is 4.33. The van der Waals surface area contributed by atoms with Crippen LogP contribution in [0.5, 0.6) is 11.5 Å². The summed E-state index contributed by atoms with van der Waals surface area (Å²) in [6.07, 6.45) is -1.75. The van der Waals surface area contributed by atoms with Crippen molar-refractivity contribution in [3.05, 3.63) is 52.3 Å². The Morgan fingerprint density at radius 2 is 1.86 bits per heavy atom. The van der Waals surface area contributed by atoms with Crippen molar-refractivity contribution in [1.82, 2.24) is 0 Å². The van der Waals surface area contributed by atoms with Gasteiger partial charge in [0.2, 0.25) is 0 Å². The molecule has 1 unspecified atom stereocenters. The molecule has 152 valence electrons. The molecule has 0 saturated carbocycles. The Morgan fingerprint density at radius 1 is 1.18 bits per heavy atom. The molecule has 5 nitrogen and oxygen atoms in total. The molecule has 1 aliphatic rings.